The van der Waals surface area contributed by atoms with Crippen LogP contribution >= 0.6 is 15.9 Å². The fraction of sp³-hybridized carbons (Fsp3) is 0.348. The van der Waals surface area contributed by atoms with E-state index in [9.17, 15) is 26.7 Å². The average Bonchev–Trinajstić information content (AvgIpc) is 2.97. The molecule has 0 amide bonds. The lowest BCUT2D eigenvalue weighted by Gasteiger charge is -2.32. The fourth-order valence-electron chi connectivity index (χ4n) is 3.23. The highest BCUT2D eigenvalue weighted by Crippen LogP contribution is 2.37. The molecule has 2 aromatic carbocycles. The van der Waals surface area contributed by atoms with E-state index in [0.717, 1.165) is 0 Å². The number of allylic oxidation sites excluding steroid dienone is 1. The Morgan fingerprint density at radius 2 is 1.53 bits per heavy atom. The third-order valence-electron chi connectivity index (χ3n) is 5.84. The van der Waals surface area contributed by atoms with Crippen LogP contribution in [0.25, 0.3) is 0 Å². The maximum Gasteiger partial charge on any atom is 0.486 e. The predicted molar refractivity (Wildman–Crippen MR) is 119 cm³/mol. The summed E-state index contributed by atoms with van der Waals surface area (Å²) in [7, 11) is -0.709. The minimum atomic E-state index is -2.34. The molecule has 3 rings (SSSR count). The quantitative estimate of drug-likeness (QED) is 0.105. The zero-order valence-corrected chi connectivity index (χ0v) is 20.3. The number of hydrogen-bond acceptors (Lipinski definition) is 4. The molecule has 2 aromatic rings. The molecule has 11 heteroatoms. The van der Waals surface area contributed by atoms with Gasteiger partial charge in [-0.05, 0) is 51.8 Å². The van der Waals surface area contributed by atoms with Gasteiger partial charge in [0.25, 0.3) is 0 Å². The molecule has 4 nitrogen and oxygen atoms in total. The SMILES string of the molecule is CC1(C)OB(/C=C/C[C@H](C(=O)Oc2c(F)c(F)c(F)c(F)c2F)c2cccc(Br)c2)OC1(C)C. The molecule has 1 saturated heterocycles. The number of carbonyl (C=O) groups is 1. The largest absolute Gasteiger partial charge is 0.486 e. The van der Waals surface area contributed by atoms with Crippen molar-refractivity contribution in [3.63, 3.8) is 0 Å². The zero-order chi connectivity index (χ0) is 25.4. The first-order chi connectivity index (χ1) is 15.7. The van der Waals surface area contributed by atoms with E-state index >= 15 is 0 Å². The predicted octanol–water partition coefficient (Wildman–Crippen LogP) is 6.41. The highest BCUT2D eigenvalue weighted by atomic mass is 79.9. The van der Waals surface area contributed by atoms with Crippen LogP contribution in [0.3, 0.4) is 0 Å². The van der Waals surface area contributed by atoms with Gasteiger partial charge < -0.3 is 14.0 Å². The smallest absolute Gasteiger partial charge is 0.420 e. The summed E-state index contributed by atoms with van der Waals surface area (Å²) < 4.78 is 85.5. The maximum atomic E-state index is 14.0. The molecule has 0 spiro atoms. The van der Waals surface area contributed by atoms with Crippen molar-refractivity contribution in [2.45, 2.75) is 51.2 Å². The van der Waals surface area contributed by atoms with Crippen molar-refractivity contribution in [1.29, 1.82) is 0 Å². The Bertz CT molecular complexity index is 1090. The maximum absolute atomic E-state index is 14.0. The van der Waals surface area contributed by atoms with Crippen LogP contribution in [-0.2, 0) is 14.1 Å². The lowest BCUT2D eigenvalue weighted by molar-refractivity contribution is -0.136. The van der Waals surface area contributed by atoms with E-state index in [4.69, 9.17) is 14.0 Å². The molecule has 0 unspecified atom stereocenters. The number of ether oxygens (including phenoxy) is 1. The third kappa shape index (κ3) is 5.21. The second kappa shape index (κ2) is 9.79. The number of halogens is 6. The second-order valence-electron chi connectivity index (χ2n) is 8.72. The van der Waals surface area contributed by atoms with E-state index < -0.39 is 65.0 Å². The van der Waals surface area contributed by atoms with Crippen molar-refractivity contribution in [2.24, 2.45) is 0 Å². The summed E-state index contributed by atoms with van der Waals surface area (Å²) in [6.45, 7) is 7.47. The van der Waals surface area contributed by atoms with E-state index in [-0.39, 0.29) is 6.42 Å². The lowest BCUT2D eigenvalue weighted by Crippen LogP contribution is -2.41. The monoisotopic (exact) mass is 546 g/mol. The topological polar surface area (TPSA) is 44.8 Å². The Hall–Kier alpha value is -2.24. The summed E-state index contributed by atoms with van der Waals surface area (Å²) in [6, 6.07) is 6.46. The standard InChI is InChI=1S/C23H21BBrF5O4/c1-22(2)23(3,4)34-24(33-22)10-6-9-14(12-7-5-8-13(25)11-12)21(31)32-20-18(29)16(27)15(26)17(28)19(20)30/h5-8,10-11,14H,9H2,1-4H3/b10-6+/t14-/m0/s1. The molecule has 0 bridgehead atoms. The van der Waals surface area contributed by atoms with Gasteiger partial charge in [0.15, 0.2) is 0 Å². The van der Waals surface area contributed by atoms with Gasteiger partial charge in [0.1, 0.15) is 0 Å². The van der Waals surface area contributed by atoms with Crippen molar-refractivity contribution in [1.82, 2.24) is 0 Å². The molecule has 1 fully saturated rings. The van der Waals surface area contributed by atoms with Crippen LogP contribution < -0.4 is 4.74 Å². The Balaban J connectivity index is 1.87. The van der Waals surface area contributed by atoms with Crippen LogP contribution in [0.5, 0.6) is 5.75 Å². The first-order valence-electron chi connectivity index (χ1n) is 10.3. The Labute approximate surface area is 202 Å². The molecule has 182 valence electrons. The molecule has 34 heavy (non-hydrogen) atoms. The molecular formula is C23H21BBrF5O4. The van der Waals surface area contributed by atoms with Crippen molar-refractivity contribution in [3.8, 4) is 5.75 Å². The minimum Gasteiger partial charge on any atom is -0.420 e. The summed E-state index contributed by atoms with van der Waals surface area (Å²) in [6.07, 6.45) is 1.53. The van der Waals surface area contributed by atoms with Gasteiger partial charge in [-0.1, -0.05) is 40.1 Å². The summed E-state index contributed by atoms with van der Waals surface area (Å²) in [5.41, 5.74) is -0.783. The number of benzene rings is 2. The van der Waals surface area contributed by atoms with Gasteiger partial charge in [0.2, 0.25) is 34.8 Å². The Morgan fingerprint density at radius 1 is 1.00 bits per heavy atom. The number of esters is 1. The third-order valence-corrected chi connectivity index (χ3v) is 6.34. The van der Waals surface area contributed by atoms with E-state index in [2.05, 4.69) is 15.9 Å². The van der Waals surface area contributed by atoms with Gasteiger partial charge in [-0.25, -0.2) is 13.2 Å². The molecule has 0 radical (unpaired) electrons. The number of hydrogen-bond donors (Lipinski definition) is 0. The highest BCUT2D eigenvalue weighted by Gasteiger charge is 2.50. The van der Waals surface area contributed by atoms with Crippen molar-refractivity contribution >= 4 is 29.0 Å². The molecule has 1 aliphatic heterocycles. The van der Waals surface area contributed by atoms with E-state index in [1.165, 1.54) is 0 Å². The molecule has 1 aliphatic rings. The van der Waals surface area contributed by atoms with Gasteiger partial charge in [-0.3, -0.25) is 4.79 Å². The molecule has 0 saturated carbocycles. The van der Waals surface area contributed by atoms with Crippen LogP contribution in [0.1, 0.15) is 45.6 Å². The van der Waals surface area contributed by atoms with E-state index in [1.807, 2.05) is 27.7 Å². The van der Waals surface area contributed by atoms with Gasteiger partial charge in [-0.2, -0.15) is 8.78 Å². The summed E-state index contributed by atoms with van der Waals surface area (Å²) in [5, 5.41) is 0. The molecule has 0 N–H and O–H groups in total. The van der Waals surface area contributed by atoms with Crippen molar-refractivity contribution < 1.29 is 40.8 Å². The normalized spacial score (nSPS) is 17.9. The van der Waals surface area contributed by atoms with Crippen LogP contribution in [0.15, 0.2) is 40.8 Å². The molecule has 0 aromatic heterocycles. The van der Waals surface area contributed by atoms with Gasteiger partial charge in [-0.15, -0.1) is 0 Å². The number of rotatable bonds is 6. The zero-order valence-electron chi connectivity index (χ0n) is 18.7. The first-order valence-corrected chi connectivity index (χ1v) is 11.1. The van der Waals surface area contributed by atoms with Crippen molar-refractivity contribution in [2.75, 3.05) is 0 Å². The summed E-state index contributed by atoms with van der Waals surface area (Å²) in [4.78, 5) is 12.9. The molecule has 0 aliphatic carbocycles. The van der Waals surface area contributed by atoms with Crippen LogP contribution in [-0.4, -0.2) is 24.3 Å². The van der Waals surface area contributed by atoms with Crippen molar-refractivity contribution in [3.05, 3.63) is 75.4 Å². The second-order valence-corrected chi connectivity index (χ2v) is 9.63. The summed E-state index contributed by atoms with van der Waals surface area (Å²) in [5.74, 6) is -13.6. The van der Waals surface area contributed by atoms with Crippen LogP contribution in [0, 0.1) is 29.1 Å². The molecule has 1 atom stereocenters. The summed E-state index contributed by atoms with van der Waals surface area (Å²) >= 11 is 3.27. The first kappa shape index (κ1) is 26.4. The highest BCUT2D eigenvalue weighted by molar-refractivity contribution is 9.10. The van der Waals surface area contributed by atoms with E-state index in [0.29, 0.717) is 10.0 Å². The Morgan fingerprint density at radius 3 is 2.06 bits per heavy atom. The molecular weight excluding hydrogens is 526 g/mol. The minimum absolute atomic E-state index is 0.0330. The fourth-order valence-corrected chi connectivity index (χ4v) is 3.65. The lowest BCUT2D eigenvalue weighted by atomic mass is 9.87. The van der Waals surface area contributed by atoms with Gasteiger partial charge in [0.05, 0.1) is 17.1 Å². The van der Waals surface area contributed by atoms with Gasteiger partial charge in [0, 0.05) is 4.47 Å². The van der Waals surface area contributed by atoms with Crippen LogP contribution in [0.2, 0.25) is 0 Å². The molecule has 1 heterocycles. The number of carbonyl (C=O) groups excluding carboxylic acids is 1. The average molecular weight is 547 g/mol. The van der Waals surface area contributed by atoms with Crippen LogP contribution in [0.4, 0.5) is 22.0 Å². The van der Waals surface area contributed by atoms with Gasteiger partial charge >= 0.3 is 13.1 Å². The van der Waals surface area contributed by atoms with E-state index in [1.54, 1.807) is 36.3 Å². The Kier molecular flexibility index (Phi) is 7.59.